The Hall–Kier alpha value is -3.57. The molecule has 3 atom stereocenters. The molecule has 5 heterocycles. The zero-order valence-electron chi connectivity index (χ0n) is 17.7. The third-order valence-corrected chi connectivity index (χ3v) is 6.18. The van der Waals surface area contributed by atoms with Crippen molar-refractivity contribution in [2.75, 3.05) is 11.9 Å². The highest BCUT2D eigenvalue weighted by atomic mass is 19.4. The van der Waals surface area contributed by atoms with Gasteiger partial charge < -0.3 is 10.2 Å². The van der Waals surface area contributed by atoms with E-state index in [0.717, 1.165) is 31.7 Å². The molecule has 0 radical (unpaired) electrons. The zero-order valence-corrected chi connectivity index (χ0v) is 17.7. The number of pyridine rings is 1. The van der Waals surface area contributed by atoms with Gasteiger partial charge in [-0.25, -0.2) is 15.0 Å². The van der Waals surface area contributed by atoms with Gasteiger partial charge in [0.2, 0.25) is 5.95 Å². The number of aryl methyl sites for hydroxylation is 1. The van der Waals surface area contributed by atoms with Gasteiger partial charge in [0.05, 0.1) is 24.0 Å². The maximum Gasteiger partial charge on any atom is 0.419 e. The second-order valence-electron chi connectivity index (χ2n) is 8.39. The molecule has 0 unspecified atom stereocenters. The lowest BCUT2D eigenvalue weighted by Gasteiger charge is -2.50. The van der Waals surface area contributed by atoms with E-state index in [1.807, 2.05) is 6.92 Å². The number of anilines is 1. The number of aromatic nitrogens is 6. The highest BCUT2D eigenvalue weighted by Crippen LogP contribution is 2.37. The molecule has 3 aromatic rings. The third-order valence-electron chi connectivity index (χ3n) is 6.18. The van der Waals surface area contributed by atoms with Crippen LogP contribution in [-0.4, -0.2) is 59.4 Å². The molecular weight excluding hydrogens is 437 g/mol. The van der Waals surface area contributed by atoms with Crippen molar-refractivity contribution in [3.05, 3.63) is 53.9 Å². The lowest BCUT2D eigenvalue weighted by molar-refractivity contribution is -0.138. The van der Waals surface area contributed by atoms with Gasteiger partial charge in [0.1, 0.15) is 5.69 Å². The van der Waals surface area contributed by atoms with Crippen LogP contribution >= 0.6 is 0 Å². The fourth-order valence-corrected chi connectivity index (χ4v) is 4.64. The molecule has 12 heteroatoms. The molecule has 1 saturated carbocycles. The molecular formula is C21H21F3N8O. The minimum absolute atomic E-state index is 0.114. The second-order valence-corrected chi connectivity index (χ2v) is 8.39. The number of piperidine rings is 2. The molecule has 1 aliphatic carbocycles. The van der Waals surface area contributed by atoms with Crippen molar-refractivity contribution in [2.24, 2.45) is 5.92 Å². The van der Waals surface area contributed by atoms with Gasteiger partial charge in [-0.15, -0.1) is 4.80 Å². The van der Waals surface area contributed by atoms with Gasteiger partial charge in [0.15, 0.2) is 5.69 Å². The van der Waals surface area contributed by atoms with Crippen molar-refractivity contribution in [2.45, 2.75) is 44.4 Å². The molecule has 3 aliphatic rings. The standard InChI is InChI=1S/C21H21F3N8O/c1-12-2-4-17(32-27-6-7-28-32)18(29-12)19(33)31-11-13-3-5-16(31)15(8-13)30-20-25-9-14(10-26-20)21(22,23)24/h2,4,6-7,9-10,13,15-16H,3,5,8,11H2,1H3,(H,25,26,30)/t13-,15-,16+/m1/s1. The van der Waals surface area contributed by atoms with E-state index in [9.17, 15) is 18.0 Å². The summed E-state index contributed by atoms with van der Waals surface area (Å²) in [6.07, 6.45) is 2.63. The van der Waals surface area contributed by atoms with Crippen molar-refractivity contribution < 1.29 is 18.0 Å². The topological polar surface area (TPSA) is 102 Å². The van der Waals surface area contributed by atoms with E-state index in [1.54, 1.807) is 17.0 Å². The number of nitrogens with one attached hydrogen (secondary N) is 1. The average Bonchev–Trinajstić information content (AvgIpc) is 3.33. The number of hydrogen-bond acceptors (Lipinski definition) is 7. The first-order chi connectivity index (χ1) is 15.8. The summed E-state index contributed by atoms with van der Waals surface area (Å²) in [6, 6.07) is 3.23. The van der Waals surface area contributed by atoms with Crippen LogP contribution in [-0.2, 0) is 6.18 Å². The summed E-state index contributed by atoms with van der Waals surface area (Å²) >= 11 is 0. The molecule has 3 fully saturated rings. The van der Waals surface area contributed by atoms with Crippen LogP contribution in [0.4, 0.5) is 19.1 Å². The van der Waals surface area contributed by atoms with E-state index in [-0.39, 0.29) is 35.6 Å². The van der Waals surface area contributed by atoms with Crippen molar-refractivity contribution in [1.29, 1.82) is 0 Å². The van der Waals surface area contributed by atoms with E-state index in [4.69, 9.17) is 0 Å². The lowest BCUT2D eigenvalue weighted by atomic mass is 9.76. The van der Waals surface area contributed by atoms with Crippen LogP contribution < -0.4 is 5.32 Å². The average molecular weight is 458 g/mol. The molecule has 33 heavy (non-hydrogen) atoms. The molecule has 3 aromatic heterocycles. The van der Waals surface area contributed by atoms with Crippen molar-refractivity contribution in [3.63, 3.8) is 0 Å². The van der Waals surface area contributed by atoms with Crippen LogP contribution in [0.1, 0.15) is 41.0 Å². The van der Waals surface area contributed by atoms with E-state index in [1.165, 1.54) is 17.2 Å². The highest BCUT2D eigenvalue weighted by molar-refractivity contribution is 5.96. The van der Waals surface area contributed by atoms with E-state index < -0.39 is 11.7 Å². The normalized spacial score (nSPS) is 22.4. The van der Waals surface area contributed by atoms with E-state index in [2.05, 4.69) is 30.5 Å². The van der Waals surface area contributed by atoms with E-state index >= 15 is 0 Å². The molecule has 9 nitrogen and oxygen atoms in total. The summed E-state index contributed by atoms with van der Waals surface area (Å²) in [5.41, 5.74) is 0.556. The van der Waals surface area contributed by atoms with Gasteiger partial charge in [-0.1, -0.05) is 0 Å². The van der Waals surface area contributed by atoms with Gasteiger partial charge in [-0.3, -0.25) is 4.79 Å². The lowest BCUT2D eigenvalue weighted by Crippen LogP contribution is -2.60. The molecule has 2 aliphatic heterocycles. The Morgan fingerprint density at radius 2 is 1.85 bits per heavy atom. The quantitative estimate of drug-likeness (QED) is 0.642. The number of alkyl halides is 3. The van der Waals surface area contributed by atoms with Gasteiger partial charge in [0.25, 0.3) is 5.91 Å². The summed E-state index contributed by atoms with van der Waals surface area (Å²) in [7, 11) is 0. The number of rotatable bonds is 4. The number of carbonyl (C=O) groups excluding carboxylic acids is 1. The van der Waals surface area contributed by atoms with E-state index in [0.29, 0.717) is 17.9 Å². The van der Waals surface area contributed by atoms with Crippen molar-refractivity contribution in [3.8, 4) is 5.69 Å². The predicted octanol–water partition coefficient (Wildman–Crippen LogP) is 2.88. The minimum atomic E-state index is -4.49. The second kappa shape index (κ2) is 8.09. The predicted molar refractivity (Wildman–Crippen MR) is 111 cm³/mol. The Balaban J connectivity index is 1.39. The third kappa shape index (κ3) is 4.12. The molecule has 1 N–H and O–H groups in total. The molecule has 2 bridgehead atoms. The number of nitrogens with zero attached hydrogens (tertiary/aromatic N) is 7. The Morgan fingerprint density at radius 1 is 1.12 bits per heavy atom. The summed E-state index contributed by atoms with van der Waals surface area (Å²) in [6.45, 7) is 2.41. The van der Waals surface area contributed by atoms with Crippen LogP contribution in [0.3, 0.4) is 0 Å². The number of hydrogen-bond donors (Lipinski definition) is 1. The van der Waals surface area contributed by atoms with Crippen molar-refractivity contribution in [1.82, 2.24) is 34.8 Å². The molecule has 172 valence electrons. The molecule has 0 aromatic carbocycles. The molecule has 0 spiro atoms. The van der Waals surface area contributed by atoms with Crippen LogP contribution in [0.2, 0.25) is 0 Å². The van der Waals surface area contributed by atoms with Gasteiger partial charge >= 0.3 is 6.18 Å². The Labute approximate surface area is 187 Å². The number of fused-ring (bicyclic) bond motifs is 3. The number of halogens is 3. The Bertz CT molecular complexity index is 1150. The smallest absolute Gasteiger partial charge is 0.349 e. The summed E-state index contributed by atoms with van der Waals surface area (Å²) in [5.74, 6) is 0.158. The molecule has 2 saturated heterocycles. The fraction of sp³-hybridized carbons (Fsp3) is 0.429. The zero-order chi connectivity index (χ0) is 23.2. The van der Waals surface area contributed by atoms with Crippen LogP contribution in [0.5, 0.6) is 0 Å². The van der Waals surface area contributed by atoms with Gasteiger partial charge in [0, 0.05) is 30.7 Å². The Kier molecular flexibility index (Phi) is 5.22. The van der Waals surface area contributed by atoms with Gasteiger partial charge in [-0.05, 0) is 44.2 Å². The summed E-state index contributed by atoms with van der Waals surface area (Å²) in [4.78, 5) is 28.9. The highest BCUT2D eigenvalue weighted by Gasteiger charge is 2.44. The first kappa shape index (κ1) is 21.3. The van der Waals surface area contributed by atoms with Crippen LogP contribution in [0.15, 0.2) is 36.9 Å². The summed E-state index contributed by atoms with van der Waals surface area (Å²) in [5, 5.41) is 11.4. The summed E-state index contributed by atoms with van der Waals surface area (Å²) < 4.78 is 38.4. The van der Waals surface area contributed by atoms with Crippen LogP contribution in [0.25, 0.3) is 5.69 Å². The SMILES string of the molecule is Cc1ccc(-n2nccn2)c(C(=O)N2C[C@@H]3CC[C@H]2[C@H](Nc2ncc(C(F)(F)F)cn2)C3)n1. The first-order valence-electron chi connectivity index (χ1n) is 10.6. The van der Waals surface area contributed by atoms with Crippen molar-refractivity contribution >= 4 is 11.9 Å². The molecule has 6 rings (SSSR count). The monoisotopic (exact) mass is 458 g/mol. The Morgan fingerprint density at radius 3 is 2.52 bits per heavy atom. The fourth-order valence-electron chi connectivity index (χ4n) is 4.64. The maximum absolute atomic E-state index is 13.6. The largest absolute Gasteiger partial charge is 0.419 e. The maximum atomic E-state index is 13.6. The van der Waals surface area contributed by atoms with Gasteiger partial charge in [-0.2, -0.15) is 23.4 Å². The molecule has 1 amide bonds. The van der Waals surface area contributed by atoms with Crippen LogP contribution in [0, 0.1) is 12.8 Å². The number of amides is 1. The first-order valence-corrected chi connectivity index (χ1v) is 10.6. The number of carbonyl (C=O) groups is 1. The minimum Gasteiger partial charge on any atom is -0.349 e.